The van der Waals surface area contributed by atoms with Gasteiger partial charge in [0.2, 0.25) is 0 Å². The third kappa shape index (κ3) is 5.40. The van der Waals surface area contributed by atoms with Gasteiger partial charge >= 0.3 is 0 Å². The summed E-state index contributed by atoms with van der Waals surface area (Å²) >= 11 is 5.96. The van der Waals surface area contributed by atoms with Crippen molar-refractivity contribution in [2.45, 2.75) is 11.3 Å². The molecule has 0 bridgehead atoms. The van der Waals surface area contributed by atoms with E-state index in [0.717, 1.165) is 25.2 Å². The Morgan fingerprint density at radius 3 is 2.25 bits per heavy atom. The Hall–Kier alpha value is -1.76. The van der Waals surface area contributed by atoms with E-state index in [1.54, 1.807) is 30.3 Å². The molecule has 0 amide bonds. The van der Waals surface area contributed by atoms with Crippen LogP contribution in [-0.2, 0) is 10.0 Å². The maximum Gasteiger partial charge on any atom is 0.263 e. The predicted octanol–water partition coefficient (Wildman–Crippen LogP) is 3.50. The van der Waals surface area contributed by atoms with Crippen LogP contribution in [0.3, 0.4) is 0 Å². The normalized spacial score (nSPS) is 11.5. The van der Waals surface area contributed by atoms with Gasteiger partial charge < -0.3 is 10.2 Å². The average Bonchev–Trinajstić information content (AvgIpc) is 2.53. The van der Waals surface area contributed by atoms with Crippen LogP contribution in [0.2, 0.25) is 5.02 Å². The summed E-state index contributed by atoms with van der Waals surface area (Å²) in [6.07, 6.45) is 1.04. The molecular formula is C17H22ClN3O2S. The van der Waals surface area contributed by atoms with Crippen LogP contribution in [0.4, 0.5) is 11.4 Å². The number of halogens is 1. The first-order valence-corrected chi connectivity index (χ1v) is 9.50. The molecule has 0 atom stereocenters. The molecule has 5 nitrogen and oxygen atoms in total. The monoisotopic (exact) mass is 367 g/mol. The number of sulfonamides is 1. The van der Waals surface area contributed by atoms with Gasteiger partial charge in [-0.05, 0) is 63.5 Å². The van der Waals surface area contributed by atoms with E-state index in [9.17, 15) is 8.42 Å². The summed E-state index contributed by atoms with van der Waals surface area (Å²) in [5.74, 6) is 0. The van der Waals surface area contributed by atoms with Gasteiger partial charge in [0.15, 0.2) is 0 Å². The van der Waals surface area contributed by atoms with Crippen LogP contribution < -0.4 is 10.0 Å². The fraction of sp³-hybridized carbons (Fsp3) is 0.294. The molecule has 0 fully saturated rings. The van der Waals surface area contributed by atoms with Crippen LogP contribution >= 0.6 is 11.6 Å². The quantitative estimate of drug-likeness (QED) is 0.701. The van der Waals surface area contributed by atoms with Crippen molar-refractivity contribution in [3.63, 3.8) is 0 Å². The molecule has 0 heterocycles. The highest BCUT2D eigenvalue weighted by atomic mass is 35.5. The third-order valence-corrected chi connectivity index (χ3v) is 5.26. The van der Waals surface area contributed by atoms with Crippen LogP contribution in [-0.4, -0.2) is 40.5 Å². The average molecular weight is 368 g/mol. The molecule has 2 rings (SSSR count). The molecule has 0 unspecified atom stereocenters. The lowest BCUT2D eigenvalue weighted by Gasteiger charge is -2.12. The van der Waals surface area contributed by atoms with Crippen LogP contribution in [0.1, 0.15) is 6.42 Å². The minimum Gasteiger partial charge on any atom is -0.385 e. The standard InChI is InChI=1S/C17H22ClN3O2S/c1-21(2)13-5-12-19-14-8-10-15(11-9-14)20-24(22,23)17-7-4-3-6-16(17)18/h3-4,6-11,19-20H,5,12-13H2,1-2H3. The van der Waals surface area contributed by atoms with Crippen molar-refractivity contribution in [2.24, 2.45) is 0 Å². The fourth-order valence-corrected chi connectivity index (χ4v) is 3.74. The zero-order valence-corrected chi connectivity index (χ0v) is 15.4. The first-order chi connectivity index (χ1) is 11.4. The first-order valence-electron chi connectivity index (χ1n) is 7.64. The van der Waals surface area contributed by atoms with E-state index in [1.165, 1.54) is 6.07 Å². The Kier molecular flexibility index (Phi) is 6.48. The summed E-state index contributed by atoms with van der Waals surface area (Å²) in [5.41, 5.74) is 1.45. The van der Waals surface area contributed by atoms with Crippen LogP contribution in [0, 0.1) is 0 Å². The number of benzene rings is 2. The van der Waals surface area contributed by atoms with E-state index in [0.29, 0.717) is 5.69 Å². The van der Waals surface area contributed by atoms with Gasteiger partial charge in [0.05, 0.1) is 5.02 Å². The maximum absolute atomic E-state index is 12.4. The van der Waals surface area contributed by atoms with E-state index in [2.05, 4.69) is 14.9 Å². The van der Waals surface area contributed by atoms with E-state index < -0.39 is 10.0 Å². The summed E-state index contributed by atoms with van der Waals surface area (Å²) in [6, 6.07) is 13.5. The highest BCUT2D eigenvalue weighted by Gasteiger charge is 2.17. The molecule has 7 heteroatoms. The number of anilines is 2. The molecular weight excluding hydrogens is 346 g/mol. The van der Waals surface area contributed by atoms with Gasteiger partial charge in [-0.25, -0.2) is 8.42 Å². The van der Waals surface area contributed by atoms with Gasteiger partial charge in [-0.1, -0.05) is 23.7 Å². The minimum absolute atomic E-state index is 0.0672. The van der Waals surface area contributed by atoms with Gasteiger partial charge in [-0.3, -0.25) is 4.72 Å². The third-order valence-electron chi connectivity index (χ3n) is 3.37. The lowest BCUT2D eigenvalue weighted by molar-refractivity contribution is 0.405. The summed E-state index contributed by atoms with van der Waals surface area (Å²) in [7, 11) is 0.388. The van der Waals surface area contributed by atoms with E-state index in [1.807, 2.05) is 26.2 Å². The Balaban J connectivity index is 1.97. The number of hydrogen-bond donors (Lipinski definition) is 2. The summed E-state index contributed by atoms with van der Waals surface area (Å²) in [4.78, 5) is 2.20. The highest BCUT2D eigenvalue weighted by molar-refractivity contribution is 7.92. The second kappa shape index (κ2) is 8.37. The topological polar surface area (TPSA) is 61.4 Å². The Morgan fingerprint density at radius 2 is 1.62 bits per heavy atom. The van der Waals surface area contributed by atoms with Gasteiger partial charge in [-0.2, -0.15) is 0 Å². The second-order valence-electron chi connectivity index (χ2n) is 5.70. The number of nitrogens with one attached hydrogen (secondary N) is 2. The molecule has 24 heavy (non-hydrogen) atoms. The van der Waals surface area contributed by atoms with Gasteiger partial charge in [0.1, 0.15) is 4.90 Å². The number of hydrogen-bond acceptors (Lipinski definition) is 4. The van der Waals surface area contributed by atoms with Gasteiger partial charge in [0, 0.05) is 17.9 Å². The van der Waals surface area contributed by atoms with Gasteiger partial charge in [-0.15, -0.1) is 0 Å². The van der Waals surface area contributed by atoms with Crippen molar-refractivity contribution >= 4 is 33.0 Å². The Bertz CT molecular complexity index is 762. The summed E-state index contributed by atoms with van der Waals surface area (Å²) < 4.78 is 27.3. The second-order valence-corrected chi connectivity index (χ2v) is 7.75. The fourth-order valence-electron chi connectivity index (χ4n) is 2.16. The Labute approximate surface area is 148 Å². The molecule has 2 N–H and O–H groups in total. The molecule has 2 aromatic rings. The highest BCUT2D eigenvalue weighted by Crippen LogP contribution is 2.23. The lowest BCUT2D eigenvalue weighted by atomic mass is 10.3. The van der Waals surface area contributed by atoms with E-state index in [-0.39, 0.29) is 9.92 Å². The van der Waals surface area contributed by atoms with Crippen molar-refractivity contribution in [2.75, 3.05) is 37.2 Å². The summed E-state index contributed by atoms with van der Waals surface area (Å²) in [6.45, 7) is 1.88. The van der Waals surface area contributed by atoms with Crippen molar-refractivity contribution in [3.05, 3.63) is 53.6 Å². The first kappa shape index (κ1) is 18.6. The van der Waals surface area contributed by atoms with Crippen LogP contribution in [0.15, 0.2) is 53.4 Å². The zero-order valence-electron chi connectivity index (χ0n) is 13.8. The molecule has 0 spiro atoms. The molecule has 0 aliphatic rings. The minimum atomic E-state index is -3.70. The number of nitrogens with zero attached hydrogens (tertiary/aromatic N) is 1. The molecule has 0 saturated carbocycles. The van der Waals surface area contributed by atoms with Crippen LogP contribution in [0.5, 0.6) is 0 Å². The molecule has 0 saturated heterocycles. The molecule has 0 aliphatic carbocycles. The molecule has 0 aliphatic heterocycles. The molecule has 0 radical (unpaired) electrons. The van der Waals surface area contributed by atoms with Crippen molar-refractivity contribution in [3.8, 4) is 0 Å². The van der Waals surface area contributed by atoms with E-state index in [4.69, 9.17) is 11.6 Å². The van der Waals surface area contributed by atoms with E-state index >= 15 is 0 Å². The van der Waals surface area contributed by atoms with Crippen molar-refractivity contribution < 1.29 is 8.42 Å². The molecule has 2 aromatic carbocycles. The predicted molar refractivity (Wildman–Crippen MR) is 100 cm³/mol. The molecule has 0 aromatic heterocycles. The SMILES string of the molecule is CN(C)CCCNc1ccc(NS(=O)(=O)c2ccccc2Cl)cc1. The lowest BCUT2D eigenvalue weighted by Crippen LogP contribution is -2.16. The van der Waals surface area contributed by atoms with Crippen molar-refractivity contribution in [1.29, 1.82) is 0 Å². The zero-order chi connectivity index (χ0) is 17.6. The molecule has 130 valence electrons. The summed E-state index contributed by atoms with van der Waals surface area (Å²) in [5, 5.41) is 3.50. The van der Waals surface area contributed by atoms with Crippen molar-refractivity contribution in [1.82, 2.24) is 4.90 Å². The maximum atomic E-state index is 12.4. The smallest absolute Gasteiger partial charge is 0.263 e. The Morgan fingerprint density at radius 1 is 1.00 bits per heavy atom. The van der Waals surface area contributed by atoms with Gasteiger partial charge in [0.25, 0.3) is 10.0 Å². The van der Waals surface area contributed by atoms with Crippen LogP contribution in [0.25, 0.3) is 0 Å². The number of rotatable bonds is 8. The largest absolute Gasteiger partial charge is 0.385 e.